The van der Waals surface area contributed by atoms with E-state index in [0.29, 0.717) is 12.5 Å². The highest BCUT2D eigenvalue weighted by Gasteiger charge is 2.10. The molecule has 2 N–H and O–H groups in total. The van der Waals surface area contributed by atoms with Crippen LogP contribution >= 0.6 is 0 Å². The summed E-state index contributed by atoms with van der Waals surface area (Å²) in [5, 5.41) is 0. The first-order valence-corrected chi connectivity index (χ1v) is 8.24. The van der Waals surface area contributed by atoms with E-state index in [9.17, 15) is 0 Å². The van der Waals surface area contributed by atoms with Gasteiger partial charge < -0.3 is 15.2 Å². The van der Waals surface area contributed by atoms with Gasteiger partial charge in [-0.25, -0.2) is 0 Å². The summed E-state index contributed by atoms with van der Waals surface area (Å²) in [5.74, 6) is 2.24. The molecule has 3 nitrogen and oxygen atoms in total. The van der Waals surface area contributed by atoms with Crippen LogP contribution in [0.5, 0.6) is 11.5 Å². The monoisotopic (exact) mass is 293 g/mol. The van der Waals surface area contributed by atoms with Crippen molar-refractivity contribution in [3.63, 3.8) is 0 Å². The Morgan fingerprint density at radius 2 is 1.86 bits per heavy atom. The second-order valence-electron chi connectivity index (χ2n) is 5.79. The second-order valence-corrected chi connectivity index (χ2v) is 5.79. The van der Waals surface area contributed by atoms with Crippen LogP contribution in [0.25, 0.3) is 0 Å². The lowest BCUT2D eigenvalue weighted by atomic mass is 10.0. The van der Waals surface area contributed by atoms with Crippen molar-refractivity contribution < 1.29 is 9.47 Å². The molecular formula is C18H31NO2. The fraction of sp³-hybridized carbons (Fsp3) is 0.667. The van der Waals surface area contributed by atoms with Gasteiger partial charge in [0.2, 0.25) is 0 Å². The van der Waals surface area contributed by atoms with Crippen LogP contribution in [0.15, 0.2) is 18.2 Å². The molecule has 2 unspecified atom stereocenters. The molecule has 120 valence electrons. The van der Waals surface area contributed by atoms with E-state index in [2.05, 4.69) is 32.9 Å². The Bertz CT molecular complexity index is 406. The highest BCUT2D eigenvalue weighted by molar-refractivity contribution is 5.43. The van der Waals surface area contributed by atoms with Gasteiger partial charge in [0.1, 0.15) is 0 Å². The van der Waals surface area contributed by atoms with Gasteiger partial charge in [-0.05, 0) is 49.8 Å². The van der Waals surface area contributed by atoms with Crippen molar-refractivity contribution in [2.24, 2.45) is 11.7 Å². The summed E-state index contributed by atoms with van der Waals surface area (Å²) < 4.78 is 11.7. The third-order valence-electron chi connectivity index (χ3n) is 3.64. The normalized spacial score (nSPS) is 13.8. The Hall–Kier alpha value is -1.22. The largest absolute Gasteiger partial charge is 0.490 e. The molecule has 0 aliphatic rings. The molecule has 21 heavy (non-hydrogen) atoms. The van der Waals surface area contributed by atoms with Crippen molar-refractivity contribution in [3.8, 4) is 11.5 Å². The van der Waals surface area contributed by atoms with E-state index < -0.39 is 0 Å². The Kier molecular flexibility index (Phi) is 8.21. The van der Waals surface area contributed by atoms with Crippen LogP contribution in [-0.4, -0.2) is 19.3 Å². The van der Waals surface area contributed by atoms with Crippen LogP contribution in [0.2, 0.25) is 0 Å². The molecule has 0 aliphatic heterocycles. The van der Waals surface area contributed by atoms with Gasteiger partial charge in [0.25, 0.3) is 0 Å². The third-order valence-corrected chi connectivity index (χ3v) is 3.64. The van der Waals surface area contributed by atoms with Crippen LogP contribution in [0.1, 0.15) is 52.5 Å². The molecule has 0 radical (unpaired) electrons. The van der Waals surface area contributed by atoms with Crippen LogP contribution in [0, 0.1) is 5.92 Å². The van der Waals surface area contributed by atoms with E-state index in [1.54, 1.807) is 0 Å². The number of hydrogen-bond acceptors (Lipinski definition) is 3. The van der Waals surface area contributed by atoms with Gasteiger partial charge >= 0.3 is 0 Å². The van der Waals surface area contributed by atoms with Gasteiger partial charge in [0, 0.05) is 6.04 Å². The van der Waals surface area contributed by atoms with E-state index in [4.69, 9.17) is 15.2 Å². The van der Waals surface area contributed by atoms with E-state index >= 15 is 0 Å². The summed E-state index contributed by atoms with van der Waals surface area (Å²) in [5.41, 5.74) is 7.24. The van der Waals surface area contributed by atoms with Gasteiger partial charge in [0.15, 0.2) is 11.5 Å². The van der Waals surface area contributed by atoms with Gasteiger partial charge in [0.05, 0.1) is 13.2 Å². The minimum atomic E-state index is 0.204. The molecule has 1 rings (SSSR count). The Morgan fingerprint density at radius 3 is 2.48 bits per heavy atom. The van der Waals surface area contributed by atoms with Crippen LogP contribution in [0.4, 0.5) is 0 Å². The third kappa shape index (κ3) is 6.38. The molecule has 0 fully saturated rings. The smallest absolute Gasteiger partial charge is 0.161 e. The molecule has 0 saturated carbocycles. The zero-order chi connectivity index (χ0) is 15.7. The molecule has 0 saturated heterocycles. The first-order valence-electron chi connectivity index (χ1n) is 8.24. The summed E-state index contributed by atoms with van der Waals surface area (Å²) >= 11 is 0. The number of nitrogens with two attached hydrogens (primary N) is 1. The Balaban J connectivity index is 2.74. The van der Waals surface area contributed by atoms with Gasteiger partial charge in [-0.1, -0.05) is 33.3 Å². The minimum Gasteiger partial charge on any atom is -0.490 e. The van der Waals surface area contributed by atoms with E-state index in [-0.39, 0.29) is 6.04 Å². The molecule has 0 spiro atoms. The fourth-order valence-electron chi connectivity index (χ4n) is 2.32. The van der Waals surface area contributed by atoms with E-state index in [1.165, 1.54) is 18.4 Å². The maximum Gasteiger partial charge on any atom is 0.161 e. The average molecular weight is 293 g/mol. The molecule has 0 heterocycles. The van der Waals surface area contributed by atoms with Gasteiger partial charge in [-0.3, -0.25) is 0 Å². The van der Waals surface area contributed by atoms with Crippen molar-refractivity contribution in [2.45, 2.75) is 59.4 Å². The molecule has 1 aromatic rings. The summed E-state index contributed by atoms with van der Waals surface area (Å²) in [6.45, 7) is 9.91. The molecule has 0 bridgehead atoms. The summed E-state index contributed by atoms with van der Waals surface area (Å²) in [6, 6.07) is 6.38. The van der Waals surface area contributed by atoms with Crippen LogP contribution in [-0.2, 0) is 6.42 Å². The van der Waals surface area contributed by atoms with Crippen LogP contribution < -0.4 is 15.2 Å². The predicted octanol–water partition coefficient (Wildman–Crippen LogP) is 4.18. The topological polar surface area (TPSA) is 44.5 Å². The number of hydrogen-bond donors (Lipinski definition) is 1. The Labute approximate surface area is 129 Å². The fourth-order valence-corrected chi connectivity index (χ4v) is 2.32. The second kappa shape index (κ2) is 9.67. The van der Waals surface area contributed by atoms with Gasteiger partial charge in [-0.15, -0.1) is 0 Å². The molecule has 0 amide bonds. The highest BCUT2D eigenvalue weighted by Crippen LogP contribution is 2.29. The maximum atomic E-state index is 6.03. The SMILES string of the molecule is CCCC(C)COc1ccc(CC(N)CC)cc1OCC. The molecule has 2 atom stereocenters. The van der Waals surface area contributed by atoms with E-state index in [1.807, 2.05) is 13.0 Å². The highest BCUT2D eigenvalue weighted by atomic mass is 16.5. The summed E-state index contributed by atoms with van der Waals surface area (Å²) in [7, 11) is 0. The number of rotatable bonds is 10. The quantitative estimate of drug-likeness (QED) is 0.704. The molecule has 3 heteroatoms. The standard InChI is InChI=1S/C18H31NO2/c1-5-8-14(4)13-21-17-10-9-15(11-16(19)6-2)12-18(17)20-7-3/h9-10,12,14,16H,5-8,11,13,19H2,1-4H3. The zero-order valence-corrected chi connectivity index (χ0v) is 14.0. The molecule has 0 aromatic heterocycles. The van der Waals surface area contributed by atoms with Crippen molar-refractivity contribution in [3.05, 3.63) is 23.8 Å². The van der Waals surface area contributed by atoms with Crippen molar-refractivity contribution in [1.29, 1.82) is 0 Å². The number of benzene rings is 1. The first-order chi connectivity index (χ1) is 10.1. The lowest BCUT2D eigenvalue weighted by Crippen LogP contribution is -2.21. The van der Waals surface area contributed by atoms with Crippen molar-refractivity contribution >= 4 is 0 Å². The Morgan fingerprint density at radius 1 is 1.10 bits per heavy atom. The van der Waals surface area contributed by atoms with Crippen molar-refractivity contribution in [2.75, 3.05) is 13.2 Å². The predicted molar refractivity (Wildman–Crippen MR) is 89.1 cm³/mol. The van der Waals surface area contributed by atoms with E-state index in [0.717, 1.165) is 30.9 Å². The first kappa shape index (κ1) is 17.8. The molecular weight excluding hydrogens is 262 g/mol. The maximum absolute atomic E-state index is 6.03. The minimum absolute atomic E-state index is 0.204. The zero-order valence-electron chi connectivity index (χ0n) is 14.0. The molecule has 0 aliphatic carbocycles. The van der Waals surface area contributed by atoms with Gasteiger partial charge in [-0.2, -0.15) is 0 Å². The summed E-state index contributed by atoms with van der Waals surface area (Å²) in [4.78, 5) is 0. The lowest BCUT2D eigenvalue weighted by Gasteiger charge is -2.17. The van der Waals surface area contributed by atoms with Crippen LogP contribution in [0.3, 0.4) is 0 Å². The summed E-state index contributed by atoms with van der Waals surface area (Å²) in [6.07, 6.45) is 4.24. The average Bonchev–Trinajstić information content (AvgIpc) is 2.47. The lowest BCUT2D eigenvalue weighted by molar-refractivity contribution is 0.234. The number of ether oxygens (including phenoxy) is 2. The molecule has 1 aromatic carbocycles. The van der Waals surface area contributed by atoms with Crippen molar-refractivity contribution in [1.82, 2.24) is 0 Å².